The highest BCUT2D eigenvalue weighted by Crippen LogP contribution is 2.28. The molecule has 0 saturated carbocycles. The van der Waals surface area contributed by atoms with E-state index in [1.165, 1.54) is 17.4 Å². The molecule has 0 aliphatic rings. The number of thiophene rings is 1. The van der Waals surface area contributed by atoms with Gasteiger partial charge >= 0.3 is 0 Å². The van der Waals surface area contributed by atoms with Crippen LogP contribution in [0.15, 0.2) is 65.6 Å². The zero-order valence-electron chi connectivity index (χ0n) is 14.0. The number of rotatable bonds is 6. The average molecular weight is 414 g/mol. The first kappa shape index (κ1) is 19.2. The van der Waals surface area contributed by atoms with E-state index in [-0.39, 0.29) is 18.0 Å². The molecule has 1 heterocycles. The Morgan fingerprint density at radius 1 is 1.07 bits per heavy atom. The van der Waals surface area contributed by atoms with Crippen molar-refractivity contribution >= 4 is 46.4 Å². The Hall–Kier alpha value is -2.58. The van der Waals surface area contributed by atoms with Crippen LogP contribution in [0.4, 0.5) is 0 Å². The van der Waals surface area contributed by atoms with Crippen LogP contribution in [0.2, 0.25) is 10.0 Å². The Bertz CT molecular complexity index is 1020. The Morgan fingerprint density at radius 3 is 2.48 bits per heavy atom. The summed E-state index contributed by atoms with van der Waals surface area (Å²) >= 11 is 13.7. The highest BCUT2D eigenvalue weighted by atomic mass is 35.5. The number of benzene rings is 2. The van der Waals surface area contributed by atoms with Gasteiger partial charge in [0.1, 0.15) is 24.0 Å². The zero-order valence-corrected chi connectivity index (χ0v) is 16.3. The summed E-state index contributed by atoms with van der Waals surface area (Å²) in [7, 11) is 0. The summed E-state index contributed by atoms with van der Waals surface area (Å²) in [5, 5.41) is 12.2. The molecule has 0 unspecified atom stereocenters. The van der Waals surface area contributed by atoms with Crippen LogP contribution in [-0.2, 0) is 6.61 Å². The summed E-state index contributed by atoms with van der Waals surface area (Å²) in [5.74, 6) is 0.219. The van der Waals surface area contributed by atoms with Gasteiger partial charge in [-0.2, -0.15) is 5.26 Å². The van der Waals surface area contributed by atoms with Gasteiger partial charge in [-0.15, -0.1) is 11.3 Å². The number of hydrogen-bond donors (Lipinski definition) is 0. The molecular formula is C21H13Cl2NO2S. The summed E-state index contributed by atoms with van der Waals surface area (Å²) < 4.78 is 5.87. The number of allylic oxidation sites excluding steroid dienone is 1. The Morgan fingerprint density at radius 2 is 1.81 bits per heavy atom. The fourth-order valence-corrected chi connectivity index (χ4v) is 3.58. The molecule has 0 amide bonds. The number of nitrogens with zero attached hydrogens (tertiary/aromatic N) is 1. The van der Waals surface area contributed by atoms with Gasteiger partial charge in [0, 0.05) is 21.2 Å². The third-order valence-electron chi connectivity index (χ3n) is 3.76. The predicted molar refractivity (Wildman–Crippen MR) is 109 cm³/mol. The van der Waals surface area contributed by atoms with E-state index in [2.05, 4.69) is 0 Å². The first-order chi connectivity index (χ1) is 13.1. The molecule has 0 bridgehead atoms. The lowest BCUT2D eigenvalue weighted by atomic mass is 10.1. The molecule has 3 aromatic rings. The largest absolute Gasteiger partial charge is 0.488 e. The van der Waals surface area contributed by atoms with Crippen molar-refractivity contribution < 1.29 is 9.53 Å². The Labute approximate surface area is 171 Å². The molecular weight excluding hydrogens is 401 g/mol. The van der Waals surface area contributed by atoms with Crippen molar-refractivity contribution in [3.63, 3.8) is 0 Å². The van der Waals surface area contributed by atoms with Gasteiger partial charge in [0.05, 0.1) is 4.88 Å². The number of hydrogen-bond acceptors (Lipinski definition) is 4. The van der Waals surface area contributed by atoms with Crippen LogP contribution in [0.1, 0.15) is 20.8 Å². The molecule has 2 aromatic carbocycles. The van der Waals surface area contributed by atoms with Crippen molar-refractivity contribution in [1.29, 1.82) is 5.26 Å². The van der Waals surface area contributed by atoms with Gasteiger partial charge in [-0.25, -0.2) is 0 Å². The van der Waals surface area contributed by atoms with Gasteiger partial charge in [0.15, 0.2) is 0 Å². The molecule has 0 aliphatic carbocycles. The van der Waals surface area contributed by atoms with Crippen LogP contribution in [0, 0.1) is 11.3 Å². The van der Waals surface area contributed by atoms with E-state index in [9.17, 15) is 10.1 Å². The van der Waals surface area contributed by atoms with E-state index in [0.29, 0.717) is 31.8 Å². The third-order valence-corrected chi connectivity index (χ3v) is 5.34. The lowest BCUT2D eigenvalue weighted by Crippen LogP contribution is -2.01. The number of ketones is 1. The van der Waals surface area contributed by atoms with Gasteiger partial charge in [-0.1, -0.05) is 53.5 Å². The topological polar surface area (TPSA) is 50.1 Å². The van der Waals surface area contributed by atoms with E-state index < -0.39 is 0 Å². The maximum absolute atomic E-state index is 12.5. The van der Waals surface area contributed by atoms with Crippen molar-refractivity contribution in [1.82, 2.24) is 0 Å². The molecule has 3 rings (SSSR count). The summed E-state index contributed by atoms with van der Waals surface area (Å²) in [6, 6.07) is 17.9. The predicted octanol–water partition coefficient (Wildman–Crippen LogP) is 6.42. The summed E-state index contributed by atoms with van der Waals surface area (Å²) in [6.07, 6.45) is 1.53. The smallest absolute Gasteiger partial charge is 0.213 e. The minimum absolute atomic E-state index is 0.0456. The van der Waals surface area contributed by atoms with Crippen LogP contribution in [0.5, 0.6) is 5.75 Å². The molecule has 0 fully saturated rings. The van der Waals surface area contributed by atoms with Crippen molar-refractivity contribution in [3.8, 4) is 11.8 Å². The molecule has 0 N–H and O–H groups in total. The minimum Gasteiger partial charge on any atom is -0.488 e. The van der Waals surface area contributed by atoms with E-state index in [0.717, 1.165) is 0 Å². The van der Waals surface area contributed by atoms with E-state index in [1.807, 2.05) is 18.2 Å². The molecule has 0 atom stereocenters. The normalized spacial score (nSPS) is 11.1. The van der Waals surface area contributed by atoms with Crippen molar-refractivity contribution in [2.75, 3.05) is 0 Å². The molecule has 0 saturated heterocycles. The second-order valence-electron chi connectivity index (χ2n) is 5.50. The third kappa shape index (κ3) is 4.58. The number of ether oxygens (including phenoxy) is 1. The Balaban J connectivity index is 1.87. The maximum atomic E-state index is 12.5. The number of halogens is 2. The lowest BCUT2D eigenvalue weighted by molar-refractivity contribution is 0.104. The fraction of sp³-hybridized carbons (Fsp3) is 0.0476. The highest BCUT2D eigenvalue weighted by molar-refractivity contribution is 7.12. The first-order valence-electron chi connectivity index (χ1n) is 7.95. The van der Waals surface area contributed by atoms with E-state index in [4.69, 9.17) is 27.9 Å². The van der Waals surface area contributed by atoms with Crippen LogP contribution in [0.25, 0.3) is 6.08 Å². The SMILES string of the molecule is N#CC(=Cc1ccccc1OCc1c(Cl)cccc1Cl)C(=O)c1cccs1. The molecule has 134 valence electrons. The van der Waals surface area contributed by atoms with E-state index >= 15 is 0 Å². The van der Waals surface area contributed by atoms with Gasteiger partial charge in [-0.3, -0.25) is 4.79 Å². The summed E-state index contributed by atoms with van der Waals surface area (Å²) in [4.78, 5) is 13.0. The molecule has 1 aromatic heterocycles. The number of carbonyl (C=O) groups is 1. The minimum atomic E-state index is -0.309. The van der Waals surface area contributed by atoms with E-state index in [1.54, 1.807) is 47.8 Å². The van der Waals surface area contributed by atoms with Gasteiger partial charge in [-0.05, 0) is 35.7 Å². The first-order valence-corrected chi connectivity index (χ1v) is 9.58. The average Bonchev–Trinajstić information content (AvgIpc) is 3.21. The second-order valence-corrected chi connectivity index (χ2v) is 7.27. The number of para-hydroxylation sites is 1. The molecule has 3 nitrogen and oxygen atoms in total. The zero-order chi connectivity index (χ0) is 19.2. The molecule has 27 heavy (non-hydrogen) atoms. The van der Waals surface area contributed by atoms with Gasteiger partial charge in [0.25, 0.3) is 0 Å². The van der Waals surface area contributed by atoms with Gasteiger partial charge in [0.2, 0.25) is 5.78 Å². The van der Waals surface area contributed by atoms with Crippen LogP contribution >= 0.6 is 34.5 Å². The fourth-order valence-electron chi connectivity index (χ4n) is 2.40. The summed E-state index contributed by atoms with van der Waals surface area (Å²) in [6.45, 7) is 0.171. The molecule has 0 radical (unpaired) electrons. The van der Waals surface area contributed by atoms with Crippen molar-refractivity contribution in [3.05, 3.63) is 91.6 Å². The standard InChI is InChI=1S/C21H13Cl2NO2S/c22-17-6-3-7-18(23)16(17)13-26-19-8-2-1-5-14(19)11-15(12-24)21(25)20-9-4-10-27-20/h1-11H,13H2. The maximum Gasteiger partial charge on any atom is 0.213 e. The Kier molecular flexibility index (Phi) is 6.31. The molecule has 0 spiro atoms. The van der Waals surface area contributed by atoms with Crippen LogP contribution in [-0.4, -0.2) is 5.78 Å². The quantitative estimate of drug-likeness (QED) is 0.266. The molecule has 6 heteroatoms. The highest BCUT2D eigenvalue weighted by Gasteiger charge is 2.14. The van der Waals surface area contributed by atoms with Crippen molar-refractivity contribution in [2.24, 2.45) is 0 Å². The second kappa shape index (κ2) is 8.88. The lowest BCUT2D eigenvalue weighted by Gasteiger charge is -2.11. The number of carbonyl (C=O) groups excluding carboxylic acids is 1. The van der Waals surface area contributed by atoms with Crippen LogP contribution < -0.4 is 4.74 Å². The molecule has 0 aliphatic heterocycles. The number of Topliss-reactive ketones (excluding diaryl/α,β-unsaturated/α-hetero) is 1. The van der Waals surface area contributed by atoms with Gasteiger partial charge < -0.3 is 4.74 Å². The van der Waals surface area contributed by atoms with Crippen molar-refractivity contribution in [2.45, 2.75) is 6.61 Å². The summed E-state index contributed by atoms with van der Waals surface area (Å²) in [5.41, 5.74) is 1.35. The monoisotopic (exact) mass is 413 g/mol. The van der Waals surface area contributed by atoms with Crippen LogP contribution in [0.3, 0.4) is 0 Å². The number of nitriles is 1.